The molecule has 3 aromatic carbocycles. The zero-order chi connectivity index (χ0) is 33.9. The molecule has 2 fully saturated rings. The van der Waals surface area contributed by atoms with Crippen LogP contribution in [-0.4, -0.2) is 90.5 Å². The predicted octanol–water partition coefficient (Wildman–Crippen LogP) is 5.66. The molecule has 3 aliphatic rings. The topological polar surface area (TPSA) is 98.1 Å². The van der Waals surface area contributed by atoms with Gasteiger partial charge in [0.15, 0.2) is 0 Å². The smallest absolute Gasteiger partial charge is 0.410 e. The highest BCUT2D eigenvalue weighted by Crippen LogP contribution is 2.36. The molecule has 0 spiro atoms. The Bertz CT molecular complexity index is 1850. The molecule has 0 bridgehead atoms. The molecule has 11 heteroatoms. The Kier molecular flexibility index (Phi) is 9.49. The van der Waals surface area contributed by atoms with Crippen molar-refractivity contribution in [1.82, 2.24) is 19.8 Å². The van der Waals surface area contributed by atoms with Crippen molar-refractivity contribution >= 4 is 28.4 Å². The first kappa shape index (κ1) is 32.6. The lowest BCUT2D eigenvalue weighted by molar-refractivity contribution is 0.0767. The number of anilines is 2. The number of fused-ring (bicyclic) bond motifs is 2. The molecule has 3 atom stereocenters. The van der Waals surface area contributed by atoms with Gasteiger partial charge in [-0.3, -0.25) is 4.90 Å². The van der Waals surface area contributed by atoms with Gasteiger partial charge >= 0.3 is 12.1 Å². The van der Waals surface area contributed by atoms with Crippen LogP contribution in [0.5, 0.6) is 6.01 Å². The van der Waals surface area contributed by atoms with Crippen molar-refractivity contribution in [3.05, 3.63) is 89.1 Å². The SMILES string of the molecule is Cc1cccc2cccc(N3CCc4c(nc(OC[C@@H]5C[C@@H](F)CN5C)nc4N4CCN(C(=O)OCc5ccccc5)[C@@H](CC#N)C4)C3)c12. The molecule has 0 saturated carbocycles. The molecule has 0 N–H and O–H groups in total. The largest absolute Gasteiger partial charge is 0.462 e. The van der Waals surface area contributed by atoms with Crippen molar-refractivity contribution in [1.29, 1.82) is 5.26 Å². The van der Waals surface area contributed by atoms with Crippen LogP contribution in [0.4, 0.5) is 20.7 Å². The van der Waals surface area contributed by atoms with Gasteiger partial charge in [-0.15, -0.1) is 0 Å². The number of carbonyl (C=O) groups excluding carboxylic acids is 1. The Morgan fingerprint density at radius 2 is 1.80 bits per heavy atom. The lowest BCUT2D eigenvalue weighted by atomic mass is 9.99. The summed E-state index contributed by atoms with van der Waals surface area (Å²) in [5, 5.41) is 12.2. The maximum absolute atomic E-state index is 14.1. The highest BCUT2D eigenvalue weighted by Gasteiger charge is 2.35. The first-order valence-corrected chi connectivity index (χ1v) is 17.1. The van der Waals surface area contributed by atoms with Crippen LogP contribution in [0.2, 0.25) is 0 Å². The minimum atomic E-state index is -0.871. The maximum atomic E-state index is 14.1. The molecular weight excluding hydrogens is 621 g/mol. The molecule has 0 aliphatic carbocycles. The van der Waals surface area contributed by atoms with Crippen LogP contribution in [0.3, 0.4) is 0 Å². The predicted molar refractivity (Wildman–Crippen MR) is 186 cm³/mol. The van der Waals surface area contributed by atoms with Gasteiger partial charge in [0.05, 0.1) is 30.8 Å². The summed E-state index contributed by atoms with van der Waals surface area (Å²) >= 11 is 0. The number of aryl methyl sites for hydroxylation is 1. The minimum absolute atomic E-state index is 0.0568. The molecule has 10 nitrogen and oxygen atoms in total. The average molecular weight is 664 g/mol. The van der Waals surface area contributed by atoms with Gasteiger partial charge in [0.2, 0.25) is 0 Å². The molecule has 2 saturated heterocycles. The summed E-state index contributed by atoms with van der Waals surface area (Å²) in [7, 11) is 1.91. The number of piperazine rings is 1. The molecule has 49 heavy (non-hydrogen) atoms. The van der Waals surface area contributed by atoms with E-state index in [0.717, 1.165) is 35.6 Å². The monoisotopic (exact) mass is 663 g/mol. The first-order valence-electron chi connectivity index (χ1n) is 17.1. The van der Waals surface area contributed by atoms with Crippen LogP contribution in [0.15, 0.2) is 66.7 Å². The van der Waals surface area contributed by atoms with Gasteiger partial charge in [-0.2, -0.15) is 15.2 Å². The number of ether oxygens (including phenoxy) is 2. The number of alkyl halides is 1. The third kappa shape index (κ3) is 6.97. The van der Waals surface area contributed by atoms with Crippen molar-refractivity contribution in [3.8, 4) is 12.1 Å². The zero-order valence-corrected chi connectivity index (χ0v) is 28.1. The molecule has 1 amide bonds. The number of nitrogens with zero attached hydrogens (tertiary/aromatic N) is 7. The molecule has 4 aromatic rings. The van der Waals surface area contributed by atoms with Gasteiger partial charge in [0.25, 0.3) is 0 Å². The van der Waals surface area contributed by atoms with E-state index in [1.54, 1.807) is 4.90 Å². The van der Waals surface area contributed by atoms with Crippen molar-refractivity contribution in [2.24, 2.45) is 0 Å². The summed E-state index contributed by atoms with van der Waals surface area (Å²) in [4.78, 5) is 31.3. The Hall–Kier alpha value is -4.95. The third-order valence-corrected chi connectivity index (χ3v) is 10.0. The Labute approximate surface area is 286 Å². The normalized spacial score (nSPS) is 21.0. The quantitative estimate of drug-likeness (QED) is 0.237. The second-order valence-corrected chi connectivity index (χ2v) is 13.3. The molecule has 254 valence electrons. The number of likely N-dealkylation sites (tertiary alicyclic amines) is 1. The van der Waals surface area contributed by atoms with Crippen LogP contribution < -0.4 is 14.5 Å². The van der Waals surface area contributed by atoms with Crippen LogP contribution in [0.1, 0.15) is 35.2 Å². The van der Waals surface area contributed by atoms with Crippen LogP contribution in [0.25, 0.3) is 10.8 Å². The molecule has 0 radical (unpaired) electrons. The lowest BCUT2D eigenvalue weighted by Crippen LogP contribution is -2.55. The van der Waals surface area contributed by atoms with Crippen molar-refractivity contribution in [3.63, 3.8) is 0 Å². The maximum Gasteiger partial charge on any atom is 0.410 e. The van der Waals surface area contributed by atoms with Crippen LogP contribution >= 0.6 is 0 Å². The van der Waals surface area contributed by atoms with E-state index in [1.165, 1.54) is 22.0 Å². The molecule has 4 heterocycles. The summed E-state index contributed by atoms with van der Waals surface area (Å²) in [6.07, 6.45) is 0.0139. The summed E-state index contributed by atoms with van der Waals surface area (Å²) in [6, 6.07) is 24.5. The van der Waals surface area contributed by atoms with Crippen LogP contribution in [0, 0.1) is 18.3 Å². The number of likely N-dealkylation sites (N-methyl/N-ethyl adjacent to an activating group) is 1. The second kappa shape index (κ2) is 14.3. The Morgan fingerprint density at radius 3 is 2.57 bits per heavy atom. The highest BCUT2D eigenvalue weighted by atomic mass is 19.1. The fraction of sp³-hybridized carbons (Fsp3) is 0.421. The number of halogens is 1. The number of carbonyl (C=O) groups is 1. The molecular formula is C38H42FN7O3. The standard InChI is InChI=1S/C38H42FN7O3/c1-26-8-6-11-28-12-7-13-34(35(26)28)44-17-15-32-33(23-44)41-37(48-25-31-20-29(39)21-43(31)2)42-36(32)45-18-19-46(30(22-45)14-16-40)38(47)49-24-27-9-4-3-5-10-27/h3-13,29-31H,14-15,17-25H2,1-2H3/t29-,30+,31+/m1/s1. The fourth-order valence-corrected chi connectivity index (χ4v) is 7.44. The lowest BCUT2D eigenvalue weighted by Gasteiger charge is -2.42. The van der Waals surface area contributed by atoms with E-state index >= 15 is 0 Å². The molecule has 7 rings (SSSR count). The number of amides is 1. The van der Waals surface area contributed by atoms with Crippen molar-refractivity contribution in [2.45, 2.75) is 57.6 Å². The second-order valence-electron chi connectivity index (χ2n) is 13.3. The van der Waals surface area contributed by atoms with Gasteiger partial charge in [0, 0.05) is 55.4 Å². The van der Waals surface area contributed by atoms with E-state index in [9.17, 15) is 14.4 Å². The number of hydrogen-bond acceptors (Lipinski definition) is 9. The minimum Gasteiger partial charge on any atom is -0.462 e. The van der Waals surface area contributed by atoms with Gasteiger partial charge in [-0.25, -0.2) is 9.18 Å². The average Bonchev–Trinajstić information content (AvgIpc) is 3.45. The van der Waals surface area contributed by atoms with Crippen molar-refractivity contribution in [2.75, 3.05) is 56.2 Å². The number of benzene rings is 3. The Balaban J connectivity index is 1.16. The number of aromatic nitrogens is 2. The van der Waals surface area contributed by atoms with E-state index in [2.05, 4.69) is 59.2 Å². The van der Waals surface area contributed by atoms with E-state index in [4.69, 9.17) is 19.4 Å². The van der Waals surface area contributed by atoms with Crippen LogP contribution in [-0.2, 0) is 24.3 Å². The van der Waals surface area contributed by atoms with E-state index in [0.29, 0.717) is 45.8 Å². The Morgan fingerprint density at radius 1 is 0.980 bits per heavy atom. The van der Waals surface area contributed by atoms with Crippen molar-refractivity contribution < 1.29 is 18.7 Å². The molecule has 0 unspecified atom stereocenters. The van der Waals surface area contributed by atoms with E-state index in [1.807, 2.05) is 42.3 Å². The molecule has 3 aliphatic heterocycles. The zero-order valence-electron chi connectivity index (χ0n) is 28.1. The summed E-state index contributed by atoms with van der Waals surface area (Å²) in [5.41, 5.74) is 5.24. The summed E-state index contributed by atoms with van der Waals surface area (Å²) in [5.74, 6) is 0.775. The molecule has 1 aromatic heterocycles. The number of rotatable bonds is 8. The highest BCUT2D eigenvalue weighted by molar-refractivity contribution is 5.97. The van der Waals surface area contributed by atoms with E-state index < -0.39 is 12.3 Å². The van der Waals surface area contributed by atoms with Gasteiger partial charge in [-0.05, 0) is 49.4 Å². The van der Waals surface area contributed by atoms with E-state index in [-0.39, 0.29) is 31.1 Å². The number of hydrogen-bond donors (Lipinski definition) is 0. The summed E-state index contributed by atoms with van der Waals surface area (Å²) < 4.78 is 26.0. The first-order chi connectivity index (χ1) is 23.9. The van der Waals surface area contributed by atoms with Gasteiger partial charge < -0.3 is 24.2 Å². The fourth-order valence-electron chi connectivity index (χ4n) is 7.44. The third-order valence-electron chi connectivity index (χ3n) is 10.0. The van der Waals surface area contributed by atoms with Gasteiger partial charge in [-0.1, -0.05) is 60.7 Å². The van der Waals surface area contributed by atoms with Gasteiger partial charge in [0.1, 0.15) is 25.2 Å². The number of nitriles is 1. The summed E-state index contributed by atoms with van der Waals surface area (Å²) in [6.45, 7) is 5.71.